The number of sulfonamides is 1. The van der Waals surface area contributed by atoms with Gasteiger partial charge in [0.25, 0.3) is 10.0 Å². The van der Waals surface area contributed by atoms with Gasteiger partial charge in [0, 0.05) is 18.5 Å². The SMILES string of the molecule is O=S(=O)(Nc1cc(-n2cccn2)ncn1)c1ccc(F)c(C(F)(F)F)c1. The van der Waals surface area contributed by atoms with Gasteiger partial charge in [-0.1, -0.05) is 0 Å². The Balaban J connectivity index is 1.94. The zero-order valence-electron chi connectivity index (χ0n) is 12.6. The molecule has 1 N–H and O–H groups in total. The van der Waals surface area contributed by atoms with E-state index in [4.69, 9.17) is 0 Å². The lowest BCUT2D eigenvalue weighted by Crippen LogP contribution is -2.16. The maximum atomic E-state index is 13.3. The first-order chi connectivity index (χ1) is 12.2. The van der Waals surface area contributed by atoms with Crippen LogP contribution in [0.15, 0.2) is 53.9 Å². The van der Waals surface area contributed by atoms with Crippen molar-refractivity contribution in [2.45, 2.75) is 11.1 Å². The van der Waals surface area contributed by atoms with E-state index < -0.39 is 32.5 Å². The number of benzene rings is 1. The van der Waals surface area contributed by atoms with Gasteiger partial charge in [-0.3, -0.25) is 4.72 Å². The van der Waals surface area contributed by atoms with E-state index in [1.54, 1.807) is 12.3 Å². The minimum absolute atomic E-state index is 0.191. The van der Waals surface area contributed by atoms with Crippen molar-refractivity contribution in [3.8, 4) is 5.82 Å². The van der Waals surface area contributed by atoms with E-state index in [1.165, 1.54) is 16.9 Å². The van der Waals surface area contributed by atoms with Crippen molar-refractivity contribution < 1.29 is 26.0 Å². The Kier molecular flexibility index (Phi) is 4.36. The smallest absolute Gasteiger partial charge is 0.263 e. The second kappa shape index (κ2) is 6.37. The molecule has 26 heavy (non-hydrogen) atoms. The maximum absolute atomic E-state index is 13.3. The van der Waals surface area contributed by atoms with Gasteiger partial charge in [-0.05, 0) is 24.3 Å². The fraction of sp³-hybridized carbons (Fsp3) is 0.0714. The van der Waals surface area contributed by atoms with Crippen LogP contribution in [-0.2, 0) is 16.2 Å². The standard InChI is InChI=1S/C14H9F4N5O2S/c15-11-3-2-9(6-10(11)14(16,17)18)26(24,25)22-12-7-13(20-8-19-12)23-5-1-4-21-23/h1-8H,(H,19,20,22). The van der Waals surface area contributed by atoms with Gasteiger partial charge in [0.2, 0.25) is 0 Å². The van der Waals surface area contributed by atoms with Gasteiger partial charge in [-0.15, -0.1) is 0 Å². The second-order valence-corrected chi connectivity index (χ2v) is 6.64. The molecule has 0 unspecified atom stereocenters. The molecule has 0 fully saturated rings. The average Bonchev–Trinajstić information content (AvgIpc) is 3.08. The van der Waals surface area contributed by atoms with Crippen LogP contribution in [-0.4, -0.2) is 28.2 Å². The highest BCUT2D eigenvalue weighted by Gasteiger charge is 2.35. The molecule has 0 atom stereocenters. The molecule has 0 aliphatic heterocycles. The van der Waals surface area contributed by atoms with Crippen molar-refractivity contribution in [3.63, 3.8) is 0 Å². The van der Waals surface area contributed by atoms with Crippen LogP contribution in [0, 0.1) is 5.82 Å². The van der Waals surface area contributed by atoms with Crippen molar-refractivity contribution >= 4 is 15.8 Å². The minimum Gasteiger partial charge on any atom is -0.263 e. The number of anilines is 1. The molecule has 0 aliphatic rings. The minimum atomic E-state index is -5.03. The molecule has 0 bridgehead atoms. The van der Waals surface area contributed by atoms with E-state index in [1.807, 2.05) is 4.72 Å². The van der Waals surface area contributed by atoms with Gasteiger partial charge >= 0.3 is 6.18 Å². The molecular formula is C14H9F4N5O2S. The fourth-order valence-electron chi connectivity index (χ4n) is 2.02. The van der Waals surface area contributed by atoms with Gasteiger partial charge in [0.05, 0.1) is 10.5 Å². The normalized spacial score (nSPS) is 12.2. The predicted molar refractivity (Wildman–Crippen MR) is 81.4 cm³/mol. The lowest BCUT2D eigenvalue weighted by atomic mass is 10.2. The monoisotopic (exact) mass is 387 g/mol. The third-order valence-corrected chi connectivity index (χ3v) is 4.54. The zero-order valence-corrected chi connectivity index (χ0v) is 13.5. The number of hydrogen-bond acceptors (Lipinski definition) is 5. The largest absolute Gasteiger partial charge is 0.419 e. The first kappa shape index (κ1) is 17.8. The number of nitrogens with one attached hydrogen (secondary N) is 1. The molecule has 0 saturated carbocycles. The van der Waals surface area contributed by atoms with E-state index in [2.05, 4.69) is 15.1 Å². The summed E-state index contributed by atoms with van der Waals surface area (Å²) in [4.78, 5) is 6.85. The van der Waals surface area contributed by atoms with E-state index in [0.29, 0.717) is 6.07 Å². The van der Waals surface area contributed by atoms with Crippen molar-refractivity contribution in [2.75, 3.05) is 4.72 Å². The van der Waals surface area contributed by atoms with Crippen LogP contribution >= 0.6 is 0 Å². The lowest BCUT2D eigenvalue weighted by Gasteiger charge is -2.12. The predicted octanol–water partition coefficient (Wildman–Crippen LogP) is 2.62. The molecule has 7 nitrogen and oxygen atoms in total. The topological polar surface area (TPSA) is 89.8 Å². The molecule has 0 aliphatic carbocycles. The Morgan fingerprint density at radius 1 is 1.12 bits per heavy atom. The first-order valence-electron chi connectivity index (χ1n) is 6.88. The van der Waals surface area contributed by atoms with Crippen molar-refractivity contribution in [3.05, 3.63) is 60.4 Å². The molecule has 3 rings (SSSR count). The summed E-state index contributed by atoms with van der Waals surface area (Å²) in [6.45, 7) is 0. The molecule has 2 heterocycles. The highest BCUT2D eigenvalue weighted by Crippen LogP contribution is 2.33. The number of rotatable bonds is 4. The van der Waals surface area contributed by atoms with E-state index in [9.17, 15) is 26.0 Å². The Labute approximate surface area is 144 Å². The van der Waals surface area contributed by atoms with Crippen LogP contribution in [0.1, 0.15) is 5.56 Å². The fourth-order valence-corrected chi connectivity index (χ4v) is 3.04. The molecule has 12 heteroatoms. The van der Waals surface area contributed by atoms with Gasteiger partial charge in [-0.2, -0.15) is 18.3 Å². The maximum Gasteiger partial charge on any atom is 0.419 e. The van der Waals surface area contributed by atoms with E-state index >= 15 is 0 Å². The molecule has 0 radical (unpaired) electrons. The first-order valence-corrected chi connectivity index (χ1v) is 8.37. The molecule has 1 aromatic carbocycles. The summed E-state index contributed by atoms with van der Waals surface area (Å²) in [6, 6.07) is 4.23. The third-order valence-electron chi connectivity index (χ3n) is 3.18. The number of halogens is 4. The molecule has 2 aromatic heterocycles. The highest BCUT2D eigenvalue weighted by atomic mass is 32.2. The van der Waals surface area contributed by atoms with Gasteiger partial charge in [-0.25, -0.2) is 27.5 Å². The number of hydrogen-bond donors (Lipinski definition) is 1. The number of nitrogens with zero attached hydrogens (tertiary/aromatic N) is 4. The summed E-state index contributed by atoms with van der Waals surface area (Å²) in [6.07, 6.45) is -0.947. The van der Waals surface area contributed by atoms with E-state index in [-0.39, 0.29) is 17.7 Å². The summed E-state index contributed by atoms with van der Waals surface area (Å²) in [5.41, 5.74) is -1.68. The summed E-state index contributed by atoms with van der Waals surface area (Å²) in [5, 5.41) is 3.91. The second-order valence-electron chi connectivity index (χ2n) is 4.96. The molecule has 0 amide bonds. The quantitative estimate of drug-likeness (QED) is 0.695. The van der Waals surface area contributed by atoms with Crippen LogP contribution in [0.4, 0.5) is 23.4 Å². The molecule has 0 saturated heterocycles. The summed E-state index contributed by atoms with van der Waals surface area (Å²) in [7, 11) is -4.44. The van der Waals surface area contributed by atoms with Crippen molar-refractivity contribution in [1.82, 2.24) is 19.7 Å². The summed E-state index contributed by atoms with van der Waals surface area (Å²) < 4.78 is 79.6. The van der Waals surface area contributed by atoms with Gasteiger partial charge < -0.3 is 0 Å². The Morgan fingerprint density at radius 3 is 2.54 bits per heavy atom. The van der Waals surface area contributed by atoms with E-state index in [0.717, 1.165) is 12.4 Å². The van der Waals surface area contributed by atoms with Crippen LogP contribution in [0.3, 0.4) is 0 Å². The Bertz CT molecular complexity index is 1040. The molecule has 136 valence electrons. The van der Waals surface area contributed by atoms with Crippen LogP contribution < -0.4 is 4.72 Å². The van der Waals surface area contributed by atoms with Crippen molar-refractivity contribution in [2.24, 2.45) is 0 Å². The van der Waals surface area contributed by atoms with Gasteiger partial charge in [0.1, 0.15) is 18.0 Å². The number of alkyl halides is 3. The lowest BCUT2D eigenvalue weighted by molar-refractivity contribution is -0.140. The third kappa shape index (κ3) is 3.64. The summed E-state index contributed by atoms with van der Waals surface area (Å²) in [5.74, 6) is -1.53. The van der Waals surface area contributed by atoms with Crippen molar-refractivity contribution in [1.29, 1.82) is 0 Å². The highest BCUT2D eigenvalue weighted by molar-refractivity contribution is 7.92. The zero-order chi connectivity index (χ0) is 18.9. The van der Waals surface area contributed by atoms with Crippen LogP contribution in [0.5, 0.6) is 0 Å². The van der Waals surface area contributed by atoms with Crippen LogP contribution in [0.2, 0.25) is 0 Å². The molecular weight excluding hydrogens is 378 g/mol. The Morgan fingerprint density at radius 2 is 1.88 bits per heavy atom. The summed E-state index contributed by atoms with van der Waals surface area (Å²) >= 11 is 0. The molecule has 0 spiro atoms. The Hall–Kier alpha value is -3.02. The number of aromatic nitrogens is 4. The average molecular weight is 387 g/mol. The van der Waals surface area contributed by atoms with Gasteiger partial charge in [0.15, 0.2) is 5.82 Å². The molecule has 3 aromatic rings. The van der Waals surface area contributed by atoms with Crippen LogP contribution in [0.25, 0.3) is 5.82 Å².